The third kappa shape index (κ3) is 6.12. The fraction of sp³-hybridized carbons (Fsp3) is 0.176. The molecule has 25 heavy (non-hydrogen) atoms. The molecule has 8 heteroatoms. The number of nitro groups is 1. The number of amides is 1. The first-order valence-corrected chi connectivity index (χ1v) is 7.67. The first-order valence-electron chi connectivity index (χ1n) is 7.29. The molecule has 2 aromatic rings. The predicted molar refractivity (Wildman–Crippen MR) is 92.0 cm³/mol. The van der Waals surface area contributed by atoms with Crippen LogP contribution in [0.2, 0.25) is 5.15 Å². The van der Waals surface area contributed by atoms with Gasteiger partial charge in [0.25, 0.3) is 0 Å². The van der Waals surface area contributed by atoms with Gasteiger partial charge in [0.15, 0.2) is 0 Å². The minimum Gasteiger partial charge on any atom is -0.445 e. The van der Waals surface area contributed by atoms with Crippen molar-refractivity contribution in [3.63, 3.8) is 0 Å². The zero-order valence-corrected chi connectivity index (χ0v) is 13.8. The number of hydrogen-bond donors (Lipinski definition) is 1. The molecular weight excluding hydrogens is 346 g/mol. The Morgan fingerprint density at radius 1 is 1.36 bits per heavy atom. The number of halogens is 1. The topological polar surface area (TPSA) is 94.4 Å². The van der Waals surface area contributed by atoms with E-state index in [1.807, 2.05) is 30.3 Å². The summed E-state index contributed by atoms with van der Waals surface area (Å²) >= 11 is 5.62. The second kappa shape index (κ2) is 9.25. The summed E-state index contributed by atoms with van der Waals surface area (Å²) in [5.74, 6) is 5.52. The molecule has 0 saturated heterocycles. The van der Waals surface area contributed by atoms with Crippen LogP contribution in [-0.4, -0.2) is 22.5 Å². The van der Waals surface area contributed by atoms with Crippen molar-refractivity contribution in [1.29, 1.82) is 0 Å². The van der Waals surface area contributed by atoms with E-state index in [0.717, 1.165) is 5.56 Å². The van der Waals surface area contributed by atoms with E-state index in [1.54, 1.807) is 0 Å². The number of nitrogens with one attached hydrogen (secondary N) is 1. The molecule has 1 amide bonds. The molecular formula is C17H14ClN3O4. The van der Waals surface area contributed by atoms with Crippen LogP contribution in [0.3, 0.4) is 0 Å². The molecule has 0 aliphatic heterocycles. The van der Waals surface area contributed by atoms with Gasteiger partial charge in [-0.1, -0.05) is 53.8 Å². The van der Waals surface area contributed by atoms with Gasteiger partial charge in [-0.25, -0.2) is 9.78 Å². The van der Waals surface area contributed by atoms with E-state index in [2.05, 4.69) is 22.1 Å². The van der Waals surface area contributed by atoms with Crippen LogP contribution in [0.1, 0.15) is 17.5 Å². The van der Waals surface area contributed by atoms with Crippen molar-refractivity contribution in [3.8, 4) is 11.8 Å². The molecule has 1 N–H and O–H groups in total. The summed E-state index contributed by atoms with van der Waals surface area (Å²) < 4.78 is 5.05. The number of alkyl carbamates (subject to hydrolysis) is 1. The SMILES string of the molecule is O=C(NCCC#Cc1cnc(Cl)c([N+](=O)[O-])c1)OCc1ccccc1. The van der Waals surface area contributed by atoms with Gasteiger partial charge in [0.2, 0.25) is 5.15 Å². The Bertz CT molecular complexity index is 816. The van der Waals surface area contributed by atoms with Crippen molar-refractivity contribution in [2.45, 2.75) is 13.0 Å². The summed E-state index contributed by atoms with van der Waals surface area (Å²) in [6.45, 7) is 0.488. The average molecular weight is 360 g/mol. The monoisotopic (exact) mass is 359 g/mol. The molecule has 0 aliphatic rings. The number of hydrogen-bond acceptors (Lipinski definition) is 5. The number of pyridine rings is 1. The largest absolute Gasteiger partial charge is 0.445 e. The number of carbonyl (C=O) groups excluding carboxylic acids is 1. The highest BCUT2D eigenvalue weighted by Gasteiger charge is 2.13. The van der Waals surface area contributed by atoms with E-state index in [-0.39, 0.29) is 17.4 Å². The van der Waals surface area contributed by atoms with Gasteiger partial charge < -0.3 is 10.1 Å². The lowest BCUT2D eigenvalue weighted by molar-refractivity contribution is -0.385. The highest BCUT2D eigenvalue weighted by atomic mass is 35.5. The van der Waals surface area contributed by atoms with Crippen molar-refractivity contribution < 1.29 is 14.5 Å². The van der Waals surface area contributed by atoms with Gasteiger partial charge in [0.1, 0.15) is 6.61 Å². The Hall–Kier alpha value is -3.11. The number of aromatic nitrogens is 1. The minimum absolute atomic E-state index is 0.182. The molecule has 0 bridgehead atoms. The summed E-state index contributed by atoms with van der Waals surface area (Å²) in [4.78, 5) is 25.4. The average Bonchev–Trinajstić information content (AvgIpc) is 2.61. The van der Waals surface area contributed by atoms with E-state index < -0.39 is 11.0 Å². The van der Waals surface area contributed by atoms with Crippen LogP contribution in [-0.2, 0) is 11.3 Å². The molecule has 0 aliphatic carbocycles. The molecule has 7 nitrogen and oxygen atoms in total. The number of benzene rings is 1. The van der Waals surface area contributed by atoms with Crippen LogP contribution >= 0.6 is 11.6 Å². The van der Waals surface area contributed by atoms with Crippen molar-refractivity contribution in [3.05, 3.63) is 69.0 Å². The lowest BCUT2D eigenvalue weighted by Crippen LogP contribution is -2.24. The molecule has 0 fully saturated rings. The fourth-order valence-corrected chi connectivity index (χ4v) is 1.97. The third-order valence-corrected chi connectivity index (χ3v) is 3.27. The van der Waals surface area contributed by atoms with E-state index in [9.17, 15) is 14.9 Å². The Morgan fingerprint density at radius 2 is 2.12 bits per heavy atom. The Balaban J connectivity index is 1.74. The summed E-state index contributed by atoms with van der Waals surface area (Å²) in [5.41, 5.74) is 0.980. The molecule has 1 aromatic carbocycles. The second-order valence-corrected chi connectivity index (χ2v) is 5.19. The first-order chi connectivity index (χ1) is 12.1. The van der Waals surface area contributed by atoms with E-state index in [4.69, 9.17) is 16.3 Å². The number of carbonyl (C=O) groups is 1. The van der Waals surface area contributed by atoms with Crippen LogP contribution in [0.25, 0.3) is 0 Å². The lowest BCUT2D eigenvalue weighted by atomic mass is 10.2. The van der Waals surface area contributed by atoms with Gasteiger partial charge in [0.05, 0.1) is 4.92 Å². The van der Waals surface area contributed by atoms with Crippen molar-refractivity contribution >= 4 is 23.4 Å². The summed E-state index contributed by atoms with van der Waals surface area (Å²) in [5, 5.41) is 13.1. The molecule has 0 radical (unpaired) electrons. The molecule has 1 heterocycles. The highest BCUT2D eigenvalue weighted by Crippen LogP contribution is 2.21. The van der Waals surface area contributed by atoms with Gasteiger partial charge in [0, 0.05) is 30.8 Å². The minimum atomic E-state index is -0.620. The van der Waals surface area contributed by atoms with Crippen molar-refractivity contribution in [1.82, 2.24) is 10.3 Å². The van der Waals surface area contributed by atoms with E-state index >= 15 is 0 Å². The predicted octanol–water partition coefficient (Wildman–Crippen LogP) is 3.31. The Kier molecular flexibility index (Phi) is 6.75. The molecule has 1 aromatic heterocycles. The first kappa shape index (κ1) is 18.2. The van der Waals surface area contributed by atoms with E-state index in [1.165, 1.54) is 12.3 Å². The van der Waals surface area contributed by atoms with Crippen LogP contribution in [0.15, 0.2) is 42.6 Å². The van der Waals surface area contributed by atoms with Crippen LogP contribution in [0.5, 0.6) is 0 Å². The second-order valence-electron chi connectivity index (χ2n) is 4.83. The number of nitrogens with zero attached hydrogens (tertiary/aromatic N) is 2. The van der Waals surface area contributed by atoms with Crippen LogP contribution in [0, 0.1) is 22.0 Å². The highest BCUT2D eigenvalue weighted by molar-refractivity contribution is 6.31. The molecule has 0 atom stereocenters. The Morgan fingerprint density at radius 3 is 2.84 bits per heavy atom. The molecule has 2 rings (SSSR count). The number of rotatable bonds is 5. The third-order valence-electron chi connectivity index (χ3n) is 2.98. The summed E-state index contributed by atoms with van der Waals surface area (Å²) in [7, 11) is 0. The quantitative estimate of drug-likeness (QED) is 0.290. The summed E-state index contributed by atoms with van der Waals surface area (Å²) in [6, 6.07) is 10.6. The maximum absolute atomic E-state index is 11.5. The smallest absolute Gasteiger partial charge is 0.407 e. The van der Waals surface area contributed by atoms with Gasteiger partial charge >= 0.3 is 11.8 Å². The molecule has 0 saturated carbocycles. The van der Waals surface area contributed by atoms with Gasteiger partial charge in [-0.3, -0.25) is 10.1 Å². The van der Waals surface area contributed by atoms with E-state index in [0.29, 0.717) is 18.5 Å². The molecule has 128 valence electrons. The summed E-state index contributed by atoms with van der Waals surface area (Å²) in [6.07, 6.45) is 1.18. The molecule has 0 unspecified atom stereocenters. The normalized spacial score (nSPS) is 9.64. The van der Waals surface area contributed by atoms with Gasteiger partial charge in [-0.15, -0.1) is 0 Å². The van der Waals surface area contributed by atoms with Crippen molar-refractivity contribution in [2.75, 3.05) is 6.54 Å². The molecule has 0 spiro atoms. The van der Waals surface area contributed by atoms with Crippen LogP contribution < -0.4 is 5.32 Å². The van der Waals surface area contributed by atoms with Gasteiger partial charge in [-0.2, -0.15) is 0 Å². The fourth-order valence-electron chi connectivity index (χ4n) is 1.80. The number of ether oxygens (including phenoxy) is 1. The van der Waals surface area contributed by atoms with Gasteiger partial charge in [-0.05, 0) is 5.56 Å². The Labute approximate surface area is 149 Å². The maximum atomic E-state index is 11.5. The zero-order valence-electron chi connectivity index (χ0n) is 13.1. The van der Waals surface area contributed by atoms with Crippen LogP contribution in [0.4, 0.5) is 10.5 Å². The lowest BCUT2D eigenvalue weighted by Gasteiger charge is -2.05. The van der Waals surface area contributed by atoms with Crippen molar-refractivity contribution in [2.24, 2.45) is 0 Å². The zero-order chi connectivity index (χ0) is 18.1. The maximum Gasteiger partial charge on any atom is 0.407 e. The standard InChI is InChI=1S/C17H14ClN3O4/c18-16-15(21(23)24)10-14(11-20-16)8-4-5-9-19-17(22)25-12-13-6-2-1-3-7-13/h1-3,6-7,10-11H,5,9,12H2,(H,19,22).